The standard InChI is InChI=1S/C17H22N2O/c1-18-16(17(20-2)12-7-8-12)11-13-9-10-19-15-6-4-3-5-14(13)15/h3-6,9-10,12,16-18H,7-8,11H2,1-2H3. The normalized spacial score (nSPS) is 18.1. The van der Waals surface area contributed by atoms with Gasteiger partial charge < -0.3 is 10.1 Å². The van der Waals surface area contributed by atoms with E-state index >= 15 is 0 Å². The van der Waals surface area contributed by atoms with Crippen molar-refractivity contribution in [3.8, 4) is 0 Å². The zero-order chi connectivity index (χ0) is 13.9. The van der Waals surface area contributed by atoms with E-state index in [4.69, 9.17) is 4.74 Å². The van der Waals surface area contributed by atoms with Gasteiger partial charge in [0.2, 0.25) is 0 Å². The van der Waals surface area contributed by atoms with Gasteiger partial charge in [-0.3, -0.25) is 4.98 Å². The highest BCUT2D eigenvalue weighted by Crippen LogP contribution is 2.36. The van der Waals surface area contributed by atoms with Crippen molar-refractivity contribution in [3.05, 3.63) is 42.1 Å². The second-order valence-corrected chi connectivity index (χ2v) is 5.62. The molecular weight excluding hydrogens is 248 g/mol. The van der Waals surface area contributed by atoms with Crippen LogP contribution in [0.1, 0.15) is 18.4 Å². The summed E-state index contributed by atoms with van der Waals surface area (Å²) in [6.07, 6.45) is 5.80. The summed E-state index contributed by atoms with van der Waals surface area (Å²) in [7, 11) is 3.86. The van der Waals surface area contributed by atoms with Gasteiger partial charge in [0, 0.05) is 24.7 Å². The molecular formula is C17H22N2O. The number of nitrogens with zero attached hydrogens (tertiary/aromatic N) is 1. The molecule has 0 bridgehead atoms. The summed E-state index contributed by atoms with van der Waals surface area (Å²) in [5.41, 5.74) is 2.41. The molecule has 3 rings (SSSR count). The van der Waals surface area contributed by atoms with Crippen LogP contribution < -0.4 is 5.32 Å². The number of nitrogens with one attached hydrogen (secondary N) is 1. The van der Waals surface area contributed by atoms with E-state index in [0.29, 0.717) is 12.1 Å². The van der Waals surface area contributed by atoms with Gasteiger partial charge in [-0.1, -0.05) is 18.2 Å². The van der Waals surface area contributed by atoms with E-state index in [1.807, 2.05) is 26.4 Å². The molecule has 2 aromatic rings. The maximum absolute atomic E-state index is 5.73. The van der Waals surface area contributed by atoms with E-state index < -0.39 is 0 Å². The zero-order valence-electron chi connectivity index (χ0n) is 12.2. The lowest BCUT2D eigenvalue weighted by Crippen LogP contribution is -2.42. The summed E-state index contributed by atoms with van der Waals surface area (Å²) in [5.74, 6) is 0.727. The van der Waals surface area contributed by atoms with E-state index in [-0.39, 0.29) is 0 Å². The van der Waals surface area contributed by atoms with Gasteiger partial charge in [0.25, 0.3) is 0 Å². The van der Waals surface area contributed by atoms with Crippen LogP contribution in [0.4, 0.5) is 0 Å². The summed E-state index contributed by atoms with van der Waals surface area (Å²) in [4.78, 5) is 4.44. The van der Waals surface area contributed by atoms with Gasteiger partial charge in [0.15, 0.2) is 0 Å². The van der Waals surface area contributed by atoms with Crippen LogP contribution in [0.25, 0.3) is 10.9 Å². The molecule has 20 heavy (non-hydrogen) atoms. The van der Waals surface area contributed by atoms with Gasteiger partial charge in [0.05, 0.1) is 11.6 Å². The summed E-state index contributed by atoms with van der Waals surface area (Å²) >= 11 is 0. The Morgan fingerprint density at radius 1 is 1.30 bits per heavy atom. The summed E-state index contributed by atoms with van der Waals surface area (Å²) in [5, 5.41) is 4.69. The van der Waals surface area contributed by atoms with E-state index in [1.54, 1.807) is 0 Å². The van der Waals surface area contributed by atoms with Gasteiger partial charge in [0.1, 0.15) is 0 Å². The Hall–Kier alpha value is -1.45. The molecule has 1 aromatic carbocycles. The molecule has 1 heterocycles. The molecule has 1 aliphatic carbocycles. The molecule has 1 N–H and O–H groups in total. The average molecular weight is 270 g/mol. The van der Waals surface area contributed by atoms with Crippen LogP contribution in [-0.4, -0.2) is 31.3 Å². The van der Waals surface area contributed by atoms with Crippen molar-refractivity contribution < 1.29 is 4.74 Å². The van der Waals surface area contributed by atoms with Crippen LogP contribution in [0.15, 0.2) is 36.5 Å². The minimum atomic E-state index is 0.312. The van der Waals surface area contributed by atoms with E-state index in [0.717, 1.165) is 17.9 Å². The number of methoxy groups -OCH3 is 1. The van der Waals surface area contributed by atoms with Gasteiger partial charge in [-0.2, -0.15) is 0 Å². The molecule has 3 nitrogen and oxygen atoms in total. The number of hydrogen-bond donors (Lipinski definition) is 1. The number of likely N-dealkylation sites (N-methyl/N-ethyl adjacent to an activating group) is 1. The Balaban J connectivity index is 1.87. The van der Waals surface area contributed by atoms with Crippen LogP contribution in [0.2, 0.25) is 0 Å². The third-order valence-electron chi connectivity index (χ3n) is 4.31. The fraction of sp³-hybridized carbons (Fsp3) is 0.471. The van der Waals surface area contributed by atoms with Crippen molar-refractivity contribution in [1.82, 2.24) is 10.3 Å². The van der Waals surface area contributed by atoms with Crippen LogP contribution in [0, 0.1) is 5.92 Å². The molecule has 1 aliphatic rings. The number of para-hydroxylation sites is 1. The molecule has 0 saturated heterocycles. The van der Waals surface area contributed by atoms with Crippen molar-refractivity contribution in [3.63, 3.8) is 0 Å². The topological polar surface area (TPSA) is 34.2 Å². The first-order valence-corrected chi connectivity index (χ1v) is 7.36. The lowest BCUT2D eigenvalue weighted by Gasteiger charge is -2.26. The molecule has 0 radical (unpaired) electrons. The van der Waals surface area contributed by atoms with Crippen molar-refractivity contribution in [2.75, 3.05) is 14.2 Å². The minimum absolute atomic E-state index is 0.312. The zero-order valence-corrected chi connectivity index (χ0v) is 12.2. The number of ether oxygens (including phenoxy) is 1. The highest BCUT2D eigenvalue weighted by Gasteiger charge is 2.36. The third kappa shape index (κ3) is 2.69. The Labute approximate surface area is 120 Å². The van der Waals surface area contributed by atoms with E-state index in [2.05, 4.69) is 34.6 Å². The molecule has 0 amide bonds. The smallest absolute Gasteiger partial charge is 0.0755 e. The second kappa shape index (κ2) is 5.90. The maximum Gasteiger partial charge on any atom is 0.0755 e. The Bertz CT molecular complexity index is 575. The summed E-state index contributed by atoms with van der Waals surface area (Å²) in [6.45, 7) is 0. The number of pyridine rings is 1. The second-order valence-electron chi connectivity index (χ2n) is 5.62. The van der Waals surface area contributed by atoms with Gasteiger partial charge in [-0.15, -0.1) is 0 Å². The number of hydrogen-bond acceptors (Lipinski definition) is 3. The van der Waals surface area contributed by atoms with Crippen molar-refractivity contribution in [2.45, 2.75) is 31.4 Å². The molecule has 0 aliphatic heterocycles. The monoisotopic (exact) mass is 270 g/mol. The highest BCUT2D eigenvalue weighted by molar-refractivity contribution is 5.81. The summed E-state index contributed by atoms with van der Waals surface area (Å²) in [6, 6.07) is 10.8. The van der Waals surface area contributed by atoms with Gasteiger partial charge in [-0.05, 0) is 49.9 Å². The SMILES string of the molecule is CNC(Cc1ccnc2ccccc12)C(OC)C1CC1. The molecule has 0 spiro atoms. The summed E-state index contributed by atoms with van der Waals surface area (Å²) < 4.78 is 5.73. The largest absolute Gasteiger partial charge is 0.380 e. The van der Waals surface area contributed by atoms with E-state index in [9.17, 15) is 0 Å². The quantitative estimate of drug-likeness (QED) is 0.876. The van der Waals surface area contributed by atoms with Crippen LogP contribution in [-0.2, 0) is 11.2 Å². The Morgan fingerprint density at radius 2 is 2.10 bits per heavy atom. The molecule has 2 unspecified atom stereocenters. The highest BCUT2D eigenvalue weighted by atomic mass is 16.5. The van der Waals surface area contributed by atoms with Gasteiger partial charge in [-0.25, -0.2) is 0 Å². The first-order valence-electron chi connectivity index (χ1n) is 7.36. The minimum Gasteiger partial charge on any atom is -0.380 e. The fourth-order valence-corrected chi connectivity index (χ4v) is 3.06. The van der Waals surface area contributed by atoms with Crippen LogP contribution in [0.3, 0.4) is 0 Å². The lowest BCUT2D eigenvalue weighted by molar-refractivity contribution is 0.0535. The first kappa shape index (κ1) is 13.5. The fourth-order valence-electron chi connectivity index (χ4n) is 3.06. The molecule has 1 aromatic heterocycles. The molecule has 2 atom stereocenters. The lowest BCUT2D eigenvalue weighted by atomic mass is 9.96. The first-order chi connectivity index (χ1) is 9.83. The Morgan fingerprint density at radius 3 is 2.80 bits per heavy atom. The predicted octanol–water partition coefficient (Wildman–Crippen LogP) is 2.79. The van der Waals surface area contributed by atoms with Crippen molar-refractivity contribution in [2.24, 2.45) is 5.92 Å². The van der Waals surface area contributed by atoms with Crippen LogP contribution in [0.5, 0.6) is 0 Å². The van der Waals surface area contributed by atoms with Crippen LogP contribution >= 0.6 is 0 Å². The number of rotatable bonds is 6. The number of fused-ring (bicyclic) bond motifs is 1. The molecule has 1 saturated carbocycles. The average Bonchev–Trinajstić information content (AvgIpc) is 3.32. The van der Waals surface area contributed by atoms with Crippen molar-refractivity contribution in [1.29, 1.82) is 0 Å². The number of aromatic nitrogens is 1. The molecule has 3 heteroatoms. The molecule has 1 fully saturated rings. The predicted molar refractivity (Wildman–Crippen MR) is 81.8 cm³/mol. The van der Waals surface area contributed by atoms with E-state index in [1.165, 1.54) is 23.8 Å². The Kier molecular flexibility index (Phi) is 3.99. The molecule has 106 valence electrons. The number of benzene rings is 1. The third-order valence-corrected chi connectivity index (χ3v) is 4.31. The van der Waals surface area contributed by atoms with Gasteiger partial charge >= 0.3 is 0 Å². The maximum atomic E-state index is 5.73. The van der Waals surface area contributed by atoms with Crippen molar-refractivity contribution >= 4 is 10.9 Å².